The smallest absolute Gasteiger partial charge is 0.410 e. The van der Waals surface area contributed by atoms with Crippen LogP contribution in [0.3, 0.4) is 0 Å². The predicted octanol–water partition coefficient (Wildman–Crippen LogP) is 2.64. The number of fused-ring (bicyclic) bond motifs is 1. The molecule has 2 aliphatic heterocycles. The van der Waals surface area contributed by atoms with Crippen molar-refractivity contribution in [2.45, 2.75) is 63.8 Å². The van der Waals surface area contributed by atoms with Crippen LogP contribution in [0, 0.1) is 0 Å². The van der Waals surface area contributed by atoms with Gasteiger partial charge in [0.1, 0.15) is 12.6 Å². The molecule has 1 aromatic rings. The molecule has 146 valence electrons. The molecule has 1 N–H and O–H groups in total. The van der Waals surface area contributed by atoms with Gasteiger partial charge in [-0.15, -0.1) is 0 Å². The van der Waals surface area contributed by atoms with Gasteiger partial charge in [-0.2, -0.15) is 0 Å². The second kappa shape index (κ2) is 8.41. The molecule has 2 saturated heterocycles. The van der Waals surface area contributed by atoms with Crippen molar-refractivity contribution in [2.24, 2.45) is 0 Å². The maximum Gasteiger partial charge on any atom is 0.410 e. The first-order valence-corrected chi connectivity index (χ1v) is 9.48. The fourth-order valence-corrected chi connectivity index (χ4v) is 4.05. The first-order valence-electron chi connectivity index (χ1n) is 9.48. The molecule has 2 aliphatic rings. The third-order valence-electron chi connectivity index (χ3n) is 5.48. The van der Waals surface area contributed by atoms with E-state index in [0.717, 1.165) is 24.8 Å². The summed E-state index contributed by atoms with van der Waals surface area (Å²) in [6.07, 6.45) is 2.61. The van der Waals surface area contributed by atoms with E-state index in [-0.39, 0.29) is 31.0 Å². The van der Waals surface area contributed by atoms with Crippen LogP contribution in [-0.4, -0.2) is 57.5 Å². The number of piperidine rings is 1. The van der Waals surface area contributed by atoms with E-state index < -0.39 is 18.1 Å². The minimum atomic E-state index is -0.847. The van der Waals surface area contributed by atoms with E-state index >= 15 is 0 Å². The molecule has 27 heavy (non-hydrogen) atoms. The van der Waals surface area contributed by atoms with Crippen molar-refractivity contribution in [3.8, 4) is 0 Å². The third-order valence-corrected chi connectivity index (χ3v) is 5.48. The molecular weight excluding hydrogens is 348 g/mol. The van der Waals surface area contributed by atoms with Gasteiger partial charge in [-0.05, 0) is 38.2 Å². The normalized spacial score (nSPS) is 25.1. The molecule has 0 aromatic heterocycles. The molecule has 3 atom stereocenters. The molecule has 0 aliphatic carbocycles. The van der Waals surface area contributed by atoms with Crippen LogP contribution in [0.5, 0.6) is 0 Å². The van der Waals surface area contributed by atoms with Crippen LogP contribution >= 0.6 is 0 Å². The maximum atomic E-state index is 12.9. The van der Waals surface area contributed by atoms with Crippen LogP contribution in [0.25, 0.3) is 0 Å². The van der Waals surface area contributed by atoms with Gasteiger partial charge in [0, 0.05) is 25.0 Å². The Kier molecular flexibility index (Phi) is 5.98. The van der Waals surface area contributed by atoms with Crippen molar-refractivity contribution in [1.82, 2.24) is 9.80 Å². The molecule has 0 spiro atoms. The second-order valence-electron chi connectivity index (χ2n) is 7.28. The molecule has 2 heterocycles. The van der Waals surface area contributed by atoms with Crippen LogP contribution in [-0.2, 0) is 20.9 Å². The highest BCUT2D eigenvalue weighted by atomic mass is 16.6. The lowest BCUT2D eigenvalue weighted by Crippen LogP contribution is -2.65. The quantitative estimate of drug-likeness (QED) is 0.856. The molecule has 7 heteroatoms. The van der Waals surface area contributed by atoms with Gasteiger partial charge in [0.25, 0.3) is 0 Å². The van der Waals surface area contributed by atoms with E-state index in [0.29, 0.717) is 13.0 Å². The van der Waals surface area contributed by atoms with Crippen LogP contribution in [0.4, 0.5) is 4.79 Å². The van der Waals surface area contributed by atoms with Gasteiger partial charge in [0.2, 0.25) is 5.91 Å². The van der Waals surface area contributed by atoms with Gasteiger partial charge in [0.15, 0.2) is 0 Å². The van der Waals surface area contributed by atoms with Crippen molar-refractivity contribution >= 4 is 18.0 Å². The van der Waals surface area contributed by atoms with Crippen LogP contribution < -0.4 is 0 Å². The van der Waals surface area contributed by atoms with E-state index in [4.69, 9.17) is 9.84 Å². The Labute approximate surface area is 158 Å². The zero-order valence-electron chi connectivity index (χ0n) is 15.5. The number of piperazine rings is 1. The van der Waals surface area contributed by atoms with Crippen molar-refractivity contribution in [1.29, 1.82) is 0 Å². The topological polar surface area (TPSA) is 87.2 Å². The number of carbonyl (C=O) groups is 3. The number of hydrogen-bond acceptors (Lipinski definition) is 4. The summed E-state index contributed by atoms with van der Waals surface area (Å²) in [6.45, 7) is 2.32. The fraction of sp³-hybridized carbons (Fsp3) is 0.550. The average Bonchev–Trinajstić information content (AvgIpc) is 2.67. The number of amides is 2. The van der Waals surface area contributed by atoms with Gasteiger partial charge in [0.05, 0.1) is 0 Å². The van der Waals surface area contributed by atoms with E-state index in [1.165, 1.54) is 4.90 Å². The molecule has 0 radical (unpaired) electrons. The number of rotatable bonds is 5. The van der Waals surface area contributed by atoms with Crippen LogP contribution in [0.2, 0.25) is 0 Å². The summed E-state index contributed by atoms with van der Waals surface area (Å²) in [7, 11) is 0. The molecular formula is C20H26N2O5. The Hall–Kier alpha value is -2.57. The molecule has 2 fully saturated rings. The van der Waals surface area contributed by atoms with Crippen molar-refractivity contribution < 1.29 is 24.2 Å². The van der Waals surface area contributed by atoms with Crippen molar-refractivity contribution in [3.63, 3.8) is 0 Å². The highest BCUT2D eigenvalue weighted by Crippen LogP contribution is 2.31. The van der Waals surface area contributed by atoms with Gasteiger partial charge >= 0.3 is 12.1 Å². The Morgan fingerprint density at radius 1 is 1.22 bits per heavy atom. The summed E-state index contributed by atoms with van der Waals surface area (Å²) in [5, 5.41) is 8.95. The number of benzene rings is 1. The van der Waals surface area contributed by atoms with Crippen LogP contribution in [0.15, 0.2) is 30.3 Å². The third kappa shape index (κ3) is 4.40. The molecule has 0 bridgehead atoms. The number of carbonyl (C=O) groups excluding carboxylic acids is 2. The highest BCUT2D eigenvalue weighted by molar-refractivity contribution is 5.87. The fourth-order valence-electron chi connectivity index (χ4n) is 4.05. The first-order chi connectivity index (χ1) is 13.0. The Balaban J connectivity index is 1.64. The van der Waals surface area contributed by atoms with Crippen LogP contribution in [0.1, 0.15) is 44.6 Å². The molecule has 0 unspecified atom stereocenters. The van der Waals surface area contributed by atoms with E-state index in [1.807, 2.05) is 35.2 Å². The number of nitrogens with zero attached hydrogens (tertiary/aromatic N) is 2. The van der Waals surface area contributed by atoms with Crippen molar-refractivity contribution in [2.75, 3.05) is 6.54 Å². The Morgan fingerprint density at radius 3 is 2.67 bits per heavy atom. The Bertz CT molecular complexity index is 693. The number of carboxylic acid groups (broad SMARTS) is 1. The van der Waals surface area contributed by atoms with E-state index in [2.05, 4.69) is 0 Å². The second-order valence-corrected chi connectivity index (χ2v) is 7.28. The number of ether oxygens (including phenoxy) is 1. The summed E-state index contributed by atoms with van der Waals surface area (Å²) in [4.78, 5) is 39.7. The molecule has 2 amide bonds. The molecule has 0 saturated carbocycles. The lowest BCUT2D eigenvalue weighted by atomic mass is 9.89. The number of aliphatic carboxylic acids is 1. The molecule has 1 aromatic carbocycles. The summed E-state index contributed by atoms with van der Waals surface area (Å²) < 4.78 is 5.41. The Morgan fingerprint density at radius 2 is 1.96 bits per heavy atom. The monoisotopic (exact) mass is 374 g/mol. The number of carboxylic acids is 1. The van der Waals surface area contributed by atoms with Crippen molar-refractivity contribution in [3.05, 3.63) is 35.9 Å². The number of hydrogen-bond donors (Lipinski definition) is 1. The zero-order chi connectivity index (χ0) is 19.4. The molecule has 3 rings (SSSR count). The lowest BCUT2D eigenvalue weighted by Gasteiger charge is -2.50. The SMILES string of the molecule is C[C@H]1C(=O)N2[C@@H](CCC(=O)O)CCC[C@H]2CN1C(=O)OCc1ccccc1. The minimum Gasteiger partial charge on any atom is -0.481 e. The van der Waals surface area contributed by atoms with Gasteiger partial charge in [-0.25, -0.2) is 4.79 Å². The lowest BCUT2D eigenvalue weighted by molar-refractivity contribution is -0.151. The highest BCUT2D eigenvalue weighted by Gasteiger charge is 2.45. The summed E-state index contributed by atoms with van der Waals surface area (Å²) in [5.41, 5.74) is 0.898. The maximum absolute atomic E-state index is 12.9. The van der Waals surface area contributed by atoms with Gasteiger partial charge < -0.3 is 14.7 Å². The van der Waals surface area contributed by atoms with E-state index in [1.54, 1.807) is 6.92 Å². The molecule has 7 nitrogen and oxygen atoms in total. The van der Waals surface area contributed by atoms with E-state index in [9.17, 15) is 14.4 Å². The van der Waals surface area contributed by atoms with Gasteiger partial charge in [-0.3, -0.25) is 14.5 Å². The van der Waals surface area contributed by atoms with Gasteiger partial charge in [-0.1, -0.05) is 30.3 Å². The standard InChI is InChI=1S/C20H26N2O5/c1-14-19(25)22-16(10-11-18(23)24)8-5-9-17(22)12-21(14)20(26)27-13-15-6-3-2-4-7-15/h2-4,6-7,14,16-17H,5,8-13H2,1H3,(H,23,24)/t14-,16+,17-/m0/s1. The predicted molar refractivity (Wildman–Crippen MR) is 97.9 cm³/mol. The summed E-state index contributed by atoms with van der Waals surface area (Å²) in [5.74, 6) is -0.959. The largest absolute Gasteiger partial charge is 0.481 e. The zero-order valence-corrected chi connectivity index (χ0v) is 15.5. The minimum absolute atomic E-state index is 0.0539. The first kappa shape index (κ1) is 19.2. The summed E-state index contributed by atoms with van der Waals surface area (Å²) in [6, 6.07) is 8.70. The average molecular weight is 374 g/mol. The summed E-state index contributed by atoms with van der Waals surface area (Å²) >= 11 is 0.